The van der Waals surface area contributed by atoms with Crippen molar-refractivity contribution < 1.29 is 9.90 Å². The molecule has 46 heavy (non-hydrogen) atoms. The van der Waals surface area contributed by atoms with Crippen LogP contribution in [0.4, 0.5) is 10.5 Å². The van der Waals surface area contributed by atoms with Gasteiger partial charge >= 0.3 is 6.03 Å². The average molecular weight is 643 g/mol. The lowest BCUT2D eigenvalue weighted by molar-refractivity contribution is 0.252. The van der Waals surface area contributed by atoms with Crippen LogP contribution in [-0.4, -0.2) is 17.7 Å². The number of hydrogen-bond donors (Lipinski definition) is 3. The Morgan fingerprint density at radius 3 is 0.978 bits per heavy atom. The van der Waals surface area contributed by atoms with E-state index >= 15 is 0 Å². The van der Waals surface area contributed by atoms with Gasteiger partial charge in [-0.05, 0) is 30.7 Å². The zero-order chi connectivity index (χ0) is 33.0. The fourth-order valence-corrected chi connectivity index (χ4v) is 6.60. The number of benzene rings is 1. The number of carbonyl (C=O) groups excluding carboxylic acids is 1. The third-order valence-electron chi connectivity index (χ3n) is 9.69. The summed E-state index contributed by atoms with van der Waals surface area (Å²) in [5.41, 5.74) is 0.691. The Morgan fingerprint density at radius 1 is 0.435 bits per heavy atom. The molecule has 0 bridgehead atoms. The number of urea groups is 1. The molecular formula is C42H78N2O2. The number of anilines is 1. The molecule has 1 aromatic carbocycles. The van der Waals surface area contributed by atoms with Gasteiger partial charge in [-0.1, -0.05) is 212 Å². The zero-order valence-electron chi connectivity index (χ0n) is 30.7. The van der Waals surface area contributed by atoms with Gasteiger partial charge in [0, 0.05) is 12.2 Å². The summed E-state index contributed by atoms with van der Waals surface area (Å²) in [5, 5.41) is 15.0. The molecule has 0 spiro atoms. The first-order valence-electron chi connectivity index (χ1n) is 20.6. The SMILES string of the molecule is CCCCCCCCCCCCCCCCCCCCCCCCCCCCCCCCCCCNC(=O)Nc1ccc(O)cc1. The first kappa shape index (κ1) is 42.3. The number of carbonyl (C=O) groups is 1. The van der Waals surface area contributed by atoms with Crippen molar-refractivity contribution in [2.24, 2.45) is 0 Å². The molecular weight excluding hydrogens is 564 g/mol. The van der Waals surface area contributed by atoms with Gasteiger partial charge in [0.15, 0.2) is 0 Å². The molecule has 0 saturated carbocycles. The Kier molecular flexibility index (Phi) is 31.8. The predicted octanol–water partition coefficient (Wildman–Crippen LogP) is 14.4. The molecule has 1 aromatic rings. The topological polar surface area (TPSA) is 61.4 Å². The molecule has 0 fully saturated rings. The van der Waals surface area contributed by atoms with Crippen LogP contribution < -0.4 is 10.6 Å². The van der Waals surface area contributed by atoms with E-state index in [1.54, 1.807) is 24.3 Å². The zero-order valence-corrected chi connectivity index (χ0v) is 30.7. The van der Waals surface area contributed by atoms with E-state index in [-0.39, 0.29) is 11.8 Å². The molecule has 3 N–H and O–H groups in total. The maximum atomic E-state index is 11.9. The number of unbranched alkanes of at least 4 members (excludes halogenated alkanes) is 32. The smallest absolute Gasteiger partial charge is 0.319 e. The molecule has 1 rings (SSSR count). The lowest BCUT2D eigenvalue weighted by Crippen LogP contribution is -2.29. The van der Waals surface area contributed by atoms with Gasteiger partial charge in [-0.15, -0.1) is 0 Å². The van der Waals surface area contributed by atoms with Gasteiger partial charge < -0.3 is 15.7 Å². The molecule has 0 saturated heterocycles. The third kappa shape index (κ3) is 30.9. The Bertz CT molecular complexity index is 751. The van der Waals surface area contributed by atoms with Crippen LogP contribution in [-0.2, 0) is 0 Å². The number of rotatable bonds is 35. The Balaban J connectivity index is 1.65. The third-order valence-corrected chi connectivity index (χ3v) is 9.69. The van der Waals surface area contributed by atoms with E-state index in [0.29, 0.717) is 12.2 Å². The van der Waals surface area contributed by atoms with Crippen molar-refractivity contribution in [3.63, 3.8) is 0 Å². The molecule has 2 amide bonds. The minimum atomic E-state index is -0.179. The molecule has 268 valence electrons. The summed E-state index contributed by atoms with van der Waals surface area (Å²) >= 11 is 0. The van der Waals surface area contributed by atoms with Crippen molar-refractivity contribution in [1.82, 2.24) is 5.32 Å². The van der Waals surface area contributed by atoms with E-state index in [4.69, 9.17) is 0 Å². The summed E-state index contributed by atoms with van der Waals surface area (Å²) in [5.74, 6) is 0.201. The van der Waals surface area contributed by atoms with Crippen LogP contribution in [0, 0.1) is 0 Å². The largest absolute Gasteiger partial charge is 0.508 e. The summed E-state index contributed by atoms with van der Waals surface area (Å²) in [4.78, 5) is 11.9. The number of phenolic OH excluding ortho intramolecular Hbond substituents is 1. The molecule has 0 aliphatic heterocycles. The Morgan fingerprint density at radius 2 is 0.696 bits per heavy atom. The maximum absolute atomic E-state index is 11.9. The lowest BCUT2D eigenvalue weighted by Gasteiger charge is -2.07. The average Bonchev–Trinajstić information content (AvgIpc) is 3.06. The monoisotopic (exact) mass is 643 g/mol. The quantitative estimate of drug-likeness (QED) is 0.0509. The van der Waals surface area contributed by atoms with Crippen molar-refractivity contribution in [2.45, 2.75) is 219 Å². The lowest BCUT2D eigenvalue weighted by atomic mass is 10.0. The van der Waals surface area contributed by atoms with Crippen molar-refractivity contribution >= 4 is 11.7 Å². The van der Waals surface area contributed by atoms with E-state index in [1.807, 2.05) is 0 Å². The van der Waals surface area contributed by atoms with Crippen LogP contribution in [0.5, 0.6) is 5.75 Å². The van der Waals surface area contributed by atoms with E-state index in [2.05, 4.69) is 17.6 Å². The van der Waals surface area contributed by atoms with Gasteiger partial charge in [0.05, 0.1) is 0 Å². The van der Waals surface area contributed by atoms with Gasteiger partial charge in [0.2, 0.25) is 0 Å². The van der Waals surface area contributed by atoms with E-state index in [9.17, 15) is 9.90 Å². The fraction of sp³-hybridized carbons (Fsp3) is 0.833. The van der Waals surface area contributed by atoms with Crippen molar-refractivity contribution in [2.75, 3.05) is 11.9 Å². The van der Waals surface area contributed by atoms with Gasteiger partial charge in [0.25, 0.3) is 0 Å². The summed E-state index contributed by atoms with van der Waals surface area (Å²) < 4.78 is 0. The van der Waals surface area contributed by atoms with Crippen LogP contribution in [0.15, 0.2) is 24.3 Å². The first-order valence-corrected chi connectivity index (χ1v) is 20.6. The van der Waals surface area contributed by atoms with Crippen molar-refractivity contribution in [3.8, 4) is 5.75 Å². The molecule has 0 aliphatic carbocycles. The van der Waals surface area contributed by atoms with Crippen LogP contribution in [0.1, 0.15) is 219 Å². The van der Waals surface area contributed by atoms with E-state index < -0.39 is 0 Å². The van der Waals surface area contributed by atoms with Crippen molar-refractivity contribution in [3.05, 3.63) is 24.3 Å². The highest BCUT2D eigenvalue weighted by Gasteiger charge is 2.01. The summed E-state index contributed by atoms with van der Waals surface area (Å²) in [7, 11) is 0. The minimum absolute atomic E-state index is 0.179. The summed E-state index contributed by atoms with van der Waals surface area (Å²) in [6.45, 7) is 3.01. The minimum Gasteiger partial charge on any atom is -0.508 e. The first-order chi connectivity index (χ1) is 22.7. The highest BCUT2D eigenvalue weighted by atomic mass is 16.3. The molecule has 0 atom stereocenters. The predicted molar refractivity (Wildman–Crippen MR) is 203 cm³/mol. The normalized spacial score (nSPS) is 11.2. The molecule has 0 heterocycles. The summed E-state index contributed by atoms with van der Waals surface area (Å²) in [6, 6.07) is 6.35. The van der Waals surface area contributed by atoms with Gasteiger partial charge in [-0.2, -0.15) is 0 Å². The number of aromatic hydroxyl groups is 1. The Hall–Kier alpha value is -1.71. The molecule has 0 radical (unpaired) electrons. The highest BCUT2D eigenvalue weighted by Crippen LogP contribution is 2.17. The standard InChI is InChI=1S/C42H78N2O2/c1-2-3-4-5-6-7-8-9-10-11-12-13-14-15-16-17-18-19-20-21-22-23-24-25-26-27-28-29-30-31-32-33-34-39-43-42(46)44-40-35-37-41(45)38-36-40/h35-38,45H,2-34,39H2,1H3,(H2,43,44,46). The number of amides is 2. The van der Waals surface area contributed by atoms with Gasteiger partial charge in [-0.3, -0.25) is 0 Å². The second-order valence-electron chi connectivity index (χ2n) is 14.2. The van der Waals surface area contributed by atoms with Crippen LogP contribution in [0.3, 0.4) is 0 Å². The fourth-order valence-electron chi connectivity index (χ4n) is 6.60. The number of nitrogens with one attached hydrogen (secondary N) is 2. The van der Waals surface area contributed by atoms with E-state index in [1.165, 1.54) is 205 Å². The van der Waals surface area contributed by atoms with E-state index in [0.717, 1.165) is 6.42 Å². The van der Waals surface area contributed by atoms with Crippen LogP contribution in [0.25, 0.3) is 0 Å². The maximum Gasteiger partial charge on any atom is 0.319 e. The molecule has 0 aromatic heterocycles. The van der Waals surface area contributed by atoms with Crippen LogP contribution >= 0.6 is 0 Å². The number of phenols is 1. The molecule has 0 aliphatic rings. The summed E-state index contributed by atoms with van der Waals surface area (Å²) in [6.07, 6.45) is 46.9. The van der Waals surface area contributed by atoms with Gasteiger partial charge in [-0.25, -0.2) is 4.79 Å². The van der Waals surface area contributed by atoms with Crippen LogP contribution in [0.2, 0.25) is 0 Å². The molecule has 4 nitrogen and oxygen atoms in total. The highest BCUT2D eigenvalue weighted by molar-refractivity contribution is 5.89. The second-order valence-corrected chi connectivity index (χ2v) is 14.2. The molecule has 4 heteroatoms. The Labute approximate surface area is 287 Å². The second kappa shape index (κ2) is 34.6. The number of hydrogen-bond acceptors (Lipinski definition) is 2. The van der Waals surface area contributed by atoms with Gasteiger partial charge in [0.1, 0.15) is 5.75 Å². The molecule has 0 unspecified atom stereocenters. The van der Waals surface area contributed by atoms with Crippen molar-refractivity contribution in [1.29, 1.82) is 0 Å².